The van der Waals surface area contributed by atoms with Gasteiger partial charge in [0.2, 0.25) is 10.4 Å². The zero-order chi connectivity index (χ0) is 33.6. The molecule has 17 nitrogen and oxygen atoms in total. The number of ether oxygens (including phenoxy) is 1. The van der Waals surface area contributed by atoms with Crippen LogP contribution in [0.2, 0.25) is 0 Å². The normalized spacial score (nSPS) is 16.8. The SMILES string of the molecule is C[n+]1cc(-c2ccc(OC[C@@H](CO)O/N=C(\C(=O)N[C@@H]3C(=O)N(OS(=O)(=O)[O-])C3(C)C)c3csc(N)n3)cc2)ccc1NCCN. The van der Waals surface area contributed by atoms with Crippen LogP contribution >= 0.6 is 11.3 Å². The lowest BCUT2D eigenvalue weighted by atomic mass is 9.84. The van der Waals surface area contributed by atoms with Gasteiger partial charge in [-0.05, 0) is 37.6 Å². The van der Waals surface area contributed by atoms with Crippen molar-refractivity contribution < 1.29 is 46.1 Å². The van der Waals surface area contributed by atoms with Crippen LogP contribution in [0.4, 0.5) is 10.9 Å². The van der Waals surface area contributed by atoms with Gasteiger partial charge in [-0.15, -0.1) is 11.3 Å². The molecule has 0 radical (unpaired) electrons. The lowest BCUT2D eigenvalue weighted by Gasteiger charge is -2.51. The number of thiazole rings is 1. The average Bonchev–Trinajstić information content (AvgIpc) is 3.44. The van der Waals surface area contributed by atoms with Crippen molar-refractivity contribution in [3.63, 3.8) is 0 Å². The highest BCUT2D eigenvalue weighted by atomic mass is 32.3. The number of hydrogen-bond donors (Lipinski definition) is 5. The molecule has 1 aromatic carbocycles. The number of aliphatic hydroxyl groups is 1. The number of aromatic nitrogens is 2. The number of aryl methyl sites for hydroxylation is 1. The number of rotatable bonds is 15. The van der Waals surface area contributed by atoms with Crippen LogP contribution in [0.5, 0.6) is 5.75 Å². The molecule has 1 fully saturated rings. The number of amides is 2. The van der Waals surface area contributed by atoms with Crippen molar-refractivity contribution >= 4 is 50.2 Å². The summed E-state index contributed by atoms with van der Waals surface area (Å²) in [6.07, 6.45) is 0.966. The minimum Gasteiger partial charge on any atom is -0.724 e. The summed E-state index contributed by atoms with van der Waals surface area (Å²) in [5.74, 6) is -0.482. The predicted octanol–water partition coefficient (Wildman–Crippen LogP) is -0.755. The Labute approximate surface area is 268 Å². The van der Waals surface area contributed by atoms with E-state index in [4.69, 9.17) is 21.0 Å². The third kappa shape index (κ3) is 8.24. The maximum Gasteiger partial charge on any atom is 0.276 e. The zero-order valence-electron chi connectivity index (χ0n) is 25.1. The van der Waals surface area contributed by atoms with E-state index in [-0.39, 0.29) is 23.1 Å². The van der Waals surface area contributed by atoms with E-state index >= 15 is 0 Å². The number of hydrogen-bond acceptors (Lipinski definition) is 15. The van der Waals surface area contributed by atoms with Crippen LogP contribution in [-0.4, -0.2) is 89.6 Å². The van der Waals surface area contributed by atoms with Crippen molar-refractivity contribution in [1.29, 1.82) is 0 Å². The van der Waals surface area contributed by atoms with E-state index in [0.29, 0.717) is 23.9 Å². The number of anilines is 2. The first kappa shape index (κ1) is 34.5. The summed E-state index contributed by atoms with van der Waals surface area (Å²) in [6.45, 7) is 3.26. The maximum atomic E-state index is 13.2. The topological polar surface area (TPSA) is 248 Å². The van der Waals surface area contributed by atoms with E-state index in [1.807, 2.05) is 42.1 Å². The summed E-state index contributed by atoms with van der Waals surface area (Å²) in [5.41, 5.74) is 11.4. The lowest BCUT2D eigenvalue weighted by Crippen LogP contribution is -2.76. The quantitative estimate of drug-likeness (QED) is 0.0332. The van der Waals surface area contributed by atoms with Crippen molar-refractivity contribution in [2.75, 3.05) is 37.4 Å². The van der Waals surface area contributed by atoms with Gasteiger partial charge in [-0.25, -0.2) is 18.0 Å². The number of hydroxylamine groups is 2. The molecule has 3 heterocycles. The Morgan fingerprint density at radius 1 is 1.26 bits per heavy atom. The monoisotopic (exact) mass is 678 g/mol. The number of pyridine rings is 1. The number of carbonyl (C=O) groups is 2. The Morgan fingerprint density at radius 2 is 1.96 bits per heavy atom. The molecule has 1 aliphatic heterocycles. The fourth-order valence-corrected chi connectivity index (χ4v) is 5.35. The number of aliphatic hydroxyl groups excluding tert-OH is 1. The van der Waals surface area contributed by atoms with E-state index in [1.165, 1.54) is 19.2 Å². The Kier molecular flexibility index (Phi) is 10.8. The Morgan fingerprint density at radius 3 is 2.52 bits per heavy atom. The molecule has 0 spiro atoms. The van der Waals surface area contributed by atoms with Crippen molar-refractivity contribution in [1.82, 2.24) is 15.4 Å². The average molecular weight is 679 g/mol. The Bertz CT molecular complexity index is 1700. The van der Waals surface area contributed by atoms with Gasteiger partial charge >= 0.3 is 0 Å². The number of carbonyl (C=O) groups excluding carboxylic acids is 2. The highest BCUT2D eigenvalue weighted by Crippen LogP contribution is 2.33. The highest BCUT2D eigenvalue weighted by molar-refractivity contribution is 7.80. The minimum absolute atomic E-state index is 0.0182. The third-order valence-electron chi connectivity index (χ3n) is 6.80. The summed E-state index contributed by atoms with van der Waals surface area (Å²) >= 11 is 1.02. The molecule has 1 aliphatic rings. The zero-order valence-corrected chi connectivity index (χ0v) is 26.7. The molecule has 0 bridgehead atoms. The molecule has 19 heteroatoms. The number of β-lactam (4-membered cyclic amide) rings is 1. The van der Waals surface area contributed by atoms with Gasteiger partial charge < -0.3 is 36.0 Å². The van der Waals surface area contributed by atoms with Crippen LogP contribution in [0.15, 0.2) is 53.1 Å². The van der Waals surface area contributed by atoms with E-state index in [0.717, 1.165) is 28.3 Å². The molecule has 7 N–H and O–H groups in total. The number of nitrogens with one attached hydrogen (secondary N) is 2. The molecule has 0 saturated carbocycles. The van der Waals surface area contributed by atoms with E-state index in [1.54, 1.807) is 12.1 Å². The van der Waals surface area contributed by atoms with Gasteiger partial charge in [-0.2, -0.15) is 9.35 Å². The number of nitrogens with zero attached hydrogens (tertiary/aromatic N) is 4. The van der Waals surface area contributed by atoms with Crippen LogP contribution in [0, 0.1) is 0 Å². The van der Waals surface area contributed by atoms with Gasteiger partial charge in [0.05, 0.1) is 31.9 Å². The van der Waals surface area contributed by atoms with Crippen LogP contribution in [-0.2, 0) is 36.2 Å². The maximum absolute atomic E-state index is 13.2. The number of oxime groups is 1. The summed E-state index contributed by atoms with van der Waals surface area (Å²) in [7, 11) is -3.30. The molecule has 1 saturated heterocycles. The van der Waals surface area contributed by atoms with Crippen LogP contribution in [0.3, 0.4) is 0 Å². The fourth-order valence-electron chi connectivity index (χ4n) is 4.36. The molecule has 4 rings (SSSR count). The van der Waals surface area contributed by atoms with Gasteiger partial charge in [0.1, 0.15) is 24.1 Å². The van der Waals surface area contributed by atoms with Crippen molar-refractivity contribution in [2.45, 2.75) is 31.5 Å². The molecule has 0 aliphatic carbocycles. The summed E-state index contributed by atoms with van der Waals surface area (Å²) < 4.78 is 44.9. The number of benzene rings is 1. The smallest absolute Gasteiger partial charge is 0.276 e. The van der Waals surface area contributed by atoms with Gasteiger partial charge in [-0.3, -0.25) is 14.9 Å². The predicted molar refractivity (Wildman–Crippen MR) is 165 cm³/mol. The Hall–Kier alpha value is -4.40. The lowest BCUT2D eigenvalue weighted by molar-refractivity contribution is -0.656. The fraction of sp³-hybridized carbons (Fsp3) is 0.370. The van der Waals surface area contributed by atoms with Crippen molar-refractivity contribution in [3.05, 3.63) is 53.7 Å². The highest BCUT2D eigenvalue weighted by Gasteiger charge is 2.57. The second-order valence-electron chi connectivity index (χ2n) is 10.6. The summed E-state index contributed by atoms with van der Waals surface area (Å²) in [4.78, 5) is 35.1. The van der Waals surface area contributed by atoms with Crippen LogP contribution < -0.4 is 31.4 Å². The van der Waals surface area contributed by atoms with Crippen molar-refractivity contribution in [3.8, 4) is 16.9 Å². The van der Waals surface area contributed by atoms with Crippen LogP contribution in [0.1, 0.15) is 19.5 Å². The first-order valence-corrected chi connectivity index (χ1v) is 16.0. The van der Waals surface area contributed by atoms with E-state index in [9.17, 15) is 27.7 Å². The number of nitrogen functional groups attached to an aromatic ring is 1. The molecular weight excluding hydrogens is 644 g/mol. The van der Waals surface area contributed by atoms with Gasteiger partial charge in [-0.1, -0.05) is 17.3 Å². The third-order valence-corrected chi connectivity index (χ3v) is 7.81. The first-order valence-electron chi connectivity index (χ1n) is 13.8. The van der Waals surface area contributed by atoms with Gasteiger partial charge in [0, 0.05) is 23.6 Å². The largest absolute Gasteiger partial charge is 0.724 e. The molecule has 2 atom stereocenters. The first-order chi connectivity index (χ1) is 21.7. The van der Waals surface area contributed by atoms with Crippen LogP contribution in [0.25, 0.3) is 11.1 Å². The molecule has 3 aromatic rings. The molecule has 2 amide bonds. The number of nitrogens with two attached hydrogens (primary N) is 2. The van der Waals surface area contributed by atoms with Crippen molar-refractivity contribution in [2.24, 2.45) is 17.9 Å². The minimum atomic E-state index is -5.23. The second kappa shape index (κ2) is 14.4. The van der Waals surface area contributed by atoms with Gasteiger partial charge in [0.15, 0.2) is 16.9 Å². The molecule has 248 valence electrons. The standard InChI is InChI=1S/C27H34N8O9S2/c1-27(2)23(25(38)35(27)44-46(39,40)41)32-24(37)22(20-15-45-26(29)31-20)33-43-19(13-36)14-42-18-7-4-16(5-8-18)17-6-9-21(30-11-10-28)34(3)12-17/h4-9,12,15,19,23,36H,10-11,13-14,28H2,1-3H3,(H4,29,31,32,37,39,40,41)/b33-22-/t19-,23-/m1/s1. The Balaban J connectivity index is 1.41. The summed E-state index contributed by atoms with van der Waals surface area (Å²) in [6, 6.07) is 9.93. The summed E-state index contributed by atoms with van der Waals surface area (Å²) in [5, 5.41) is 21.3. The molecular formula is C27H34N8O9S2. The van der Waals surface area contributed by atoms with Gasteiger partial charge in [0.25, 0.3) is 17.6 Å². The molecule has 0 unspecified atom stereocenters. The second-order valence-corrected chi connectivity index (χ2v) is 12.4. The van der Waals surface area contributed by atoms with E-state index in [2.05, 4.69) is 25.1 Å². The molecule has 2 aromatic heterocycles. The van der Waals surface area contributed by atoms with E-state index < -0.39 is 46.5 Å². The molecule has 46 heavy (non-hydrogen) atoms.